The molecular weight excluding hydrogens is 280 g/mol. The van der Waals surface area contributed by atoms with E-state index in [0.717, 1.165) is 23.1 Å². The van der Waals surface area contributed by atoms with Crippen LogP contribution in [0.3, 0.4) is 0 Å². The van der Waals surface area contributed by atoms with Crippen LogP contribution in [-0.4, -0.2) is 48.4 Å². The van der Waals surface area contributed by atoms with Crippen molar-refractivity contribution >= 4 is 11.9 Å². The highest BCUT2D eigenvalue weighted by atomic mass is 19.1. The number of hydrogen-bond donors (Lipinski definition) is 1. The lowest BCUT2D eigenvalue weighted by atomic mass is 10.1. The predicted octanol–water partition coefficient (Wildman–Crippen LogP) is 1.51. The van der Waals surface area contributed by atoms with Gasteiger partial charge in [-0.05, 0) is 32.2 Å². The summed E-state index contributed by atoms with van der Waals surface area (Å²) in [6, 6.07) is 2.31. The Hall–Kier alpha value is -2.02. The molecule has 1 fully saturated rings. The maximum absolute atomic E-state index is 13.7. The van der Waals surface area contributed by atoms with Gasteiger partial charge in [-0.25, -0.2) is 13.6 Å². The number of halogens is 2. The number of rotatable bonds is 4. The van der Waals surface area contributed by atoms with Crippen molar-refractivity contribution in [3.05, 3.63) is 35.4 Å². The summed E-state index contributed by atoms with van der Waals surface area (Å²) < 4.78 is 26.9. The molecule has 0 unspecified atom stereocenters. The van der Waals surface area contributed by atoms with Gasteiger partial charge in [0.1, 0.15) is 11.6 Å². The van der Waals surface area contributed by atoms with E-state index in [1.54, 1.807) is 18.9 Å². The van der Waals surface area contributed by atoms with Gasteiger partial charge in [-0.15, -0.1) is 0 Å². The number of hydrogen-bond acceptors (Lipinski definition) is 3. The molecule has 1 aromatic carbocycles. The second kappa shape index (κ2) is 6.17. The van der Waals surface area contributed by atoms with Gasteiger partial charge in [0.05, 0.1) is 6.54 Å². The molecular formula is C14H17F2N3O2. The van der Waals surface area contributed by atoms with Crippen LogP contribution in [0.4, 0.5) is 13.6 Å². The quantitative estimate of drug-likeness (QED) is 0.916. The van der Waals surface area contributed by atoms with Crippen LogP contribution < -0.4 is 5.32 Å². The summed E-state index contributed by atoms with van der Waals surface area (Å²) in [5.74, 6) is -1.42. The molecule has 1 aliphatic heterocycles. The summed E-state index contributed by atoms with van der Waals surface area (Å²) in [5.41, 5.74) is 0.177. The molecule has 0 radical (unpaired) electrons. The van der Waals surface area contributed by atoms with Gasteiger partial charge in [-0.1, -0.05) is 0 Å². The SMILES string of the molecule is C[C@@H](c1cc(F)ccc1F)N(C)CC(=O)N1CCNC1=O. The fourth-order valence-electron chi connectivity index (χ4n) is 2.22. The normalized spacial score (nSPS) is 16.2. The van der Waals surface area contributed by atoms with Crippen LogP contribution in [0.1, 0.15) is 18.5 Å². The molecule has 1 atom stereocenters. The molecule has 114 valence electrons. The highest BCUT2D eigenvalue weighted by Gasteiger charge is 2.28. The van der Waals surface area contributed by atoms with Gasteiger partial charge in [0.2, 0.25) is 5.91 Å². The van der Waals surface area contributed by atoms with Gasteiger partial charge < -0.3 is 5.32 Å². The maximum Gasteiger partial charge on any atom is 0.324 e. The van der Waals surface area contributed by atoms with Crippen LogP contribution >= 0.6 is 0 Å². The molecule has 2 rings (SSSR count). The number of urea groups is 1. The van der Waals surface area contributed by atoms with Crippen molar-refractivity contribution in [1.82, 2.24) is 15.1 Å². The second-order valence-electron chi connectivity index (χ2n) is 5.03. The van der Waals surface area contributed by atoms with E-state index in [-0.39, 0.29) is 18.0 Å². The number of carbonyl (C=O) groups excluding carboxylic acids is 2. The zero-order valence-electron chi connectivity index (χ0n) is 11.9. The molecule has 1 aromatic rings. The van der Waals surface area contributed by atoms with Crippen LogP contribution in [0.5, 0.6) is 0 Å². The van der Waals surface area contributed by atoms with Crippen molar-refractivity contribution in [1.29, 1.82) is 0 Å². The predicted molar refractivity (Wildman–Crippen MR) is 72.5 cm³/mol. The zero-order valence-corrected chi connectivity index (χ0v) is 11.9. The molecule has 0 aliphatic carbocycles. The van der Waals surface area contributed by atoms with Crippen molar-refractivity contribution in [2.24, 2.45) is 0 Å². The lowest BCUT2D eigenvalue weighted by Gasteiger charge is -2.26. The zero-order chi connectivity index (χ0) is 15.6. The van der Waals surface area contributed by atoms with Gasteiger partial charge in [-0.3, -0.25) is 14.6 Å². The molecule has 1 heterocycles. The molecule has 3 amide bonds. The molecule has 1 saturated heterocycles. The summed E-state index contributed by atoms with van der Waals surface area (Å²) in [7, 11) is 1.63. The average molecular weight is 297 g/mol. The fraction of sp³-hybridized carbons (Fsp3) is 0.429. The van der Waals surface area contributed by atoms with E-state index in [1.165, 1.54) is 0 Å². The number of benzene rings is 1. The van der Waals surface area contributed by atoms with Gasteiger partial charge in [-0.2, -0.15) is 0 Å². The second-order valence-corrected chi connectivity index (χ2v) is 5.03. The first-order valence-corrected chi connectivity index (χ1v) is 6.63. The van der Waals surface area contributed by atoms with Crippen molar-refractivity contribution in [2.75, 3.05) is 26.7 Å². The third-order valence-corrected chi connectivity index (χ3v) is 3.61. The van der Waals surface area contributed by atoms with Crippen molar-refractivity contribution in [3.63, 3.8) is 0 Å². The Bertz CT molecular complexity index is 565. The van der Waals surface area contributed by atoms with Crippen LogP contribution in [-0.2, 0) is 4.79 Å². The molecule has 5 nitrogen and oxygen atoms in total. The number of nitrogens with one attached hydrogen (secondary N) is 1. The number of imide groups is 1. The van der Waals surface area contributed by atoms with Crippen LogP contribution in [0.25, 0.3) is 0 Å². The minimum Gasteiger partial charge on any atom is -0.336 e. The third-order valence-electron chi connectivity index (χ3n) is 3.61. The Morgan fingerprint density at radius 1 is 1.48 bits per heavy atom. The molecule has 1 N–H and O–H groups in total. The van der Waals surface area contributed by atoms with Crippen molar-refractivity contribution in [2.45, 2.75) is 13.0 Å². The summed E-state index contributed by atoms with van der Waals surface area (Å²) in [6.45, 7) is 2.39. The van der Waals surface area contributed by atoms with Crippen LogP contribution in [0.2, 0.25) is 0 Å². The molecule has 21 heavy (non-hydrogen) atoms. The minimum absolute atomic E-state index is 0.0511. The number of likely N-dealkylation sites (N-methyl/N-ethyl adjacent to an activating group) is 1. The first kappa shape index (κ1) is 15.4. The molecule has 1 aliphatic rings. The van der Waals surface area contributed by atoms with Gasteiger partial charge in [0, 0.05) is 24.7 Å². The van der Waals surface area contributed by atoms with E-state index in [0.29, 0.717) is 13.1 Å². The van der Waals surface area contributed by atoms with Gasteiger partial charge in [0.15, 0.2) is 0 Å². The first-order valence-electron chi connectivity index (χ1n) is 6.63. The van der Waals surface area contributed by atoms with E-state index in [2.05, 4.69) is 5.32 Å². The van der Waals surface area contributed by atoms with E-state index in [4.69, 9.17) is 0 Å². The Labute approximate surface area is 121 Å². The van der Waals surface area contributed by atoms with Crippen molar-refractivity contribution < 1.29 is 18.4 Å². The van der Waals surface area contributed by atoms with E-state index in [1.807, 2.05) is 0 Å². The fourth-order valence-corrected chi connectivity index (χ4v) is 2.22. The van der Waals surface area contributed by atoms with Crippen LogP contribution in [0.15, 0.2) is 18.2 Å². The van der Waals surface area contributed by atoms with E-state index < -0.39 is 23.7 Å². The number of nitrogens with zero attached hydrogens (tertiary/aromatic N) is 2. The van der Waals surface area contributed by atoms with E-state index in [9.17, 15) is 18.4 Å². The third kappa shape index (κ3) is 3.36. The molecule has 0 aromatic heterocycles. The van der Waals surface area contributed by atoms with Crippen molar-refractivity contribution in [3.8, 4) is 0 Å². The monoisotopic (exact) mass is 297 g/mol. The largest absolute Gasteiger partial charge is 0.336 e. The standard InChI is InChI=1S/C14H17F2N3O2/c1-9(11-7-10(15)3-4-12(11)16)18(2)8-13(20)19-6-5-17-14(19)21/h3-4,7,9H,5-6,8H2,1-2H3,(H,17,21)/t9-/m0/s1. The topological polar surface area (TPSA) is 52.7 Å². The summed E-state index contributed by atoms with van der Waals surface area (Å²) >= 11 is 0. The summed E-state index contributed by atoms with van der Waals surface area (Å²) in [6.07, 6.45) is 0. The molecule has 0 saturated carbocycles. The molecule has 7 heteroatoms. The van der Waals surface area contributed by atoms with E-state index >= 15 is 0 Å². The molecule has 0 spiro atoms. The Morgan fingerprint density at radius 2 is 2.19 bits per heavy atom. The summed E-state index contributed by atoms with van der Waals surface area (Å²) in [4.78, 5) is 26.1. The number of carbonyl (C=O) groups is 2. The van der Waals surface area contributed by atoms with Gasteiger partial charge >= 0.3 is 6.03 Å². The Balaban J connectivity index is 2.05. The lowest BCUT2D eigenvalue weighted by molar-refractivity contribution is -0.128. The lowest BCUT2D eigenvalue weighted by Crippen LogP contribution is -2.41. The summed E-state index contributed by atoms with van der Waals surface area (Å²) in [5, 5.41) is 2.54. The molecule has 0 bridgehead atoms. The first-order chi connectivity index (χ1) is 9.90. The Morgan fingerprint density at radius 3 is 2.81 bits per heavy atom. The highest BCUT2D eigenvalue weighted by molar-refractivity contribution is 5.96. The van der Waals surface area contributed by atoms with Crippen LogP contribution in [0, 0.1) is 11.6 Å². The smallest absolute Gasteiger partial charge is 0.324 e. The number of amides is 3. The Kier molecular flexibility index (Phi) is 4.52. The average Bonchev–Trinajstić information content (AvgIpc) is 2.87. The minimum atomic E-state index is -0.531. The van der Waals surface area contributed by atoms with Gasteiger partial charge in [0.25, 0.3) is 0 Å². The maximum atomic E-state index is 13.7. The highest BCUT2D eigenvalue weighted by Crippen LogP contribution is 2.22.